The maximum atomic E-state index is 12.1. The third-order valence-corrected chi connectivity index (χ3v) is 4.81. The van der Waals surface area contributed by atoms with Crippen LogP contribution in [0.15, 0.2) is 24.3 Å². The van der Waals surface area contributed by atoms with Crippen molar-refractivity contribution in [3.05, 3.63) is 47.0 Å². The lowest BCUT2D eigenvalue weighted by atomic mass is 10.1. The Hall–Kier alpha value is -2.41. The number of amides is 2. The quantitative estimate of drug-likeness (QED) is 0.772. The Morgan fingerprint density at radius 1 is 1.33 bits per heavy atom. The highest BCUT2D eigenvalue weighted by Gasteiger charge is 2.31. The number of carbonyl (C=O) groups is 1. The summed E-state index contributed by atoms with van der Waals surface area (Å²) in [6, 6.07) is 7.20. The number of carbonyl (C=O) groups excluding carboxylic acids is 1. The number of hydrogen-bond donors (Lipinski definition) is 3. The smallest absolute Gasteiger partial charge is 0.315 e. The van der Waals surface area contributed by atoms with Crippen LogP contribution in [0.2, 0.25) is 0 Å². The fourth-order valence-corrected chi connectivity index (χ4v) is 3.62. The van der Waals surface area contributed by atoms with E-state index in [4.69, 9.17) is 0 Å². The molecule has 0 saturated carbocycles. The zero-order chi connectivity index (χ0) is 16.5. The lowest BCUT2D eigenvalue weighted by Crippen LogP contribution is -2.41. The normalized spacial score (nSPS) is 21.4. The van der Waals surface area contributed by atoms with E-state index in [1.165, 1.54) is 0 Å². The number of fused-ring (bicyclic) bond motifs is 2. The molecule has 4 rings (SSSR count). The van der Waals surface area contributed by atoms with E-state index in [1.807, 2.05) is 24.3 Å². The van der Waals surface area contributed by atoms with E-state index in [2.05, 4.69) is 25.4 Å². The van der Waals surface area contributed by atoms with E-state index in [9.17, 15) is 9.90 Å². The molecule has 2 amide bonds. The minimum Gasteiger partial charge on any atom is -0.390 e. The average Bonchev–Trinajstić information content (AvgIpc) is 3.24. The van der Waals surface area contributed by atoms with Crippen molar-refractivity contribution >= 4 is 6.03 Å². The molecular weight excluding hydrogens is 306 g/mol. The highest BCUT2D eigenvalue weighted by Crippen LogP contribution is 2.30. The Bertz CT molecular complexity index is 757. The SMILES string of the molecule is O=C(NCCc1nnc2n1CCC2)N[C@@H]1c2ccccc2C[C@@H]1O. The van der Waals surface area contributed by atoms with Gasteiger partial charge in [0.05, 0.1) is 12.1 Å². The van der Waals surface area contributed by atoms with Gasteiger partial charge >= 0.3 is 6.03 Å². The molecule has 1 aromatic heterocycles. The first kappa shape index (κ1) is 15.1. The molecule has 2 heterocycles. The summed E-state index contributed by atoms with van der Waals surface area (Å²) in [5.74, 6) is 1.97. The zero-order valence-corrected chi connectivity index (χ0v) is 13.4. The number of nitrogens with one attached hydrogen (secondary N) is 2. The maximum absolute atomic E-state index is 12.1. The molecule has 24 heavy (non-hydrogen) atoms. The van der Waals surface area contributed by atoms with Gasteiger partial charge in [0.25, 0.3) is 0 Å². The minimum absolute atomic E-state index is 0.267. The van der Waals surface area contributed by atoms with Crippen LogP contribution in [-0.2, 0) is 25.8 Å². The van der Waals surface area contributed by atoms with Crippen LogP contribution in [0.4, 0.5) is 4.79 Å². The molecule has 2 atom stereocenters. The Labute approximate surface area is 140 Å². The fraction of sp³-hybridized carbons (Fsp3) is 0.471. The van der Waals surface area contributed by atoms with E-state index in [0.717, 1.165) is 42.2 Å². The van der Waals surface area contributed by atoms with Gasteiger partial charge in [0, 0.05) is 32.4 Å². The monoisotopic (exact) mass is 327 g/mol. The van der Waals surface area contributed by atoms with Crippen molar-refractivity contribution in [1.82, 2.24) is 25.4 Å². The first-order chi connectivity index (χ1) is 11.7. The summed E-state index contributed by atoms with van der Waals surface area (Å²) < 4.78 is 2.14. The van der Waals surface area contributed by atoms with Crippen LogP contribution in [0, 0.1) is 0 Å². The van der Waals surface area contributed by atoms with E-state index < -0.39 is 6.10 Å². The Kier molecular flexibility index (Phi) is 3.93. The maximum Gasteiger partial charge on any atom is 0.315 e. The van der Waals surface area contributed by atoms with E-state index in [1.54, 1.807) is 0 Å². The van der Waals surface area contributed by atoms with Gasteiger partial charge in [0.15, 0.2) is 0 Å². The first-order valence-electron chi connectivity index (χ1n) is 8.43. The number of aliphatic hydroxyl groups is 1. The van der Waals surface area contributed by atoms with Crippen LogP contribution in [0.3, 0.4) is 0 Å². The molecule has 0 spiro atoms. The van der Waals surface area contributed by atoms with Gasteiger partial charge in [0.1, 0.15) is 11.6 Å². The van der Waals surface area contributed by atoms with Crippen LogP contribution in [0.5, 0.6) is 0 Å². The minimum atomic E-state index is -0.576. The number of rotatable bonds is 4. The molecule has 1 aromatic carbocycles. The molecule has 0 saturated heterocycles. The van der Waals surface area contributed by atoms with Crippen molar-refractivity contribution in [2.75, 3.05) is 6.54 Å². The summed E-state index contributed by atoms with van der Waals surface area (Å²) in [5.41, 5.74) is 2.09. The third kappa shape index (κ3) is 2.75. The molecule has 1 aliphatic heterocycles. The molecule has 0 bridgehead atoms. The van der Waals surface area contributed by atoms with E-state index in [0.29, 0.717) is 19.4 Å². The number of aryl methyl sites for hydroxylation is 1. The Balaban J connectivity index is 1.31. The summed E-state index contributed by atoms with van der Waals surface area (Å²) in [6.07, 6.45) is 2.76. The third-order valence-electron chi connectivity index (χ3n) is 4.81. The van der Waals surface area contributed by atoms with E-state index >= 15 is 0 Å². The second-order valence-electron chi connectivity index (χ2n) is 6.39. The molecular formula is C17H21N5O2. The number of nitrogens with zero attached hydrogens (tertiary/aromatic N) is 3. The summed E-state index contributed by atoms with van der Waals surface area (Å²) >= 11 is 0. The van der Waals surface area contributed by atoms with Crippen LogP contribution in [-0.4, -0.2) is 38.6 Å². The van der Waals surface area contributed by atoms with Gasteiger partial charge in [-0.25, -0.2) is 4.79 Å². The second kappa shape index (κ2) is 6.24. The number of benzene rings is 1. The zero-order valence-electron chi connectivity index (χ0n) is 13.4. The van der Waals surface area contributed by atoms with Crippen molar-refractivity contribution < 1.29 is 9.90 Å². The topological polar surface area (TPSA) is 92.1 Å². The van der Waals surface area contributed by atoms with Gasteiger partial charge in [0.2, 0.25) is 0 Å². The van der Waals surface area contributed by atoms with Crippen LogP contribution >= 0.6 is 0 Å². The molecule has 0 fully saturated rings. The van der Waals surface area contributed by atoms with Crippen molar-refractivity contribution in [2.45, 2.75) is 44.4 Å². The molecule has 7 nitrogen and oxygen atoms in total. The number of urea groups is 1. The first-order valence-corrected chi connectivity index (χ1v) is 8.43. The van der Waals surface area contributed by atoms with Gasteiger partial charge in [-0.05, 0) is 17.5 Å². The van der Waals surface area contributed by atoms with Gasteiger partial charge < -0.3 is 20.3 Å². The Morgan fingerprint density at radius 3 is 3.12 bits per heavy atom. The highest BCUT2D eigenvalue weighted by atomic mass is 16.3. The predicted molar refractivity (Wildman–Crippen MR) is 87.5 cm³/mol. The largest absolute Gasteiger partial charge is 0.390 e. The molecule has 7 heteroatoms. The number of hydrogen-bond acceptors (Lipinski definition) is 4. The predicted octanol–water partition coefficient (Wildman–Crippen LogP) is 0.724. The summed E-state index contributed by atoms with van der Waals surface area (Å²) in [7, 11) is 0. The molecule has 2 aromatic rings. The van der Waals surface area contributed by atoms with Crippen LogP contribution in [0.25, 0.3) is 0 Å². The van der Waals surface area contributed by atoms with Crippen molar-refractivity contribution in [3.8, 4) is 0 Å². The lowest BCUT2D eigenvalue weighted by molar-refractivity contribution is 0.142. The summed E-state index contributed by atoms with van der Waals surface area (Å²) in [6.45, 7) is 1.46. The fourth-order valence-electron chi connectivity index (χ4n) is 3.62. The van der Waals surface area contributed by atoms with Crippen LogP contribution < -0.4 is 10.6 Å². The molecule has 0 radical (unpaired) electrons. The van der Waals surface area contributed by atoms with Crippen molar-refractivity contribution in [3.63, 3.8) is 0 Å². The number of aromatic nitrogens is 3. The van der Waals surface area contributed by atoms with Gasteiger partial charge in [-0.2, -0.15) is 0 Å². The van der Waals surface area contributed by atoms with Gasteiger partial charge in [-0.1, -0.05) is 24.3 Å². The van der Waals surface area contributed by atoms with Crippen molar-refractivity contribution in [2.24, 2.45) is 0 Å². The molecule has 0 unspecified atom stereocenters. The van der Waals surface area contributed by atoms with Crippen LogP contribution in [0.1, 0.15) is 35.2 Å². The standard InChI is InChI=1S/C17H21N5O2/c23-13-10-11-4-1-2-5-12(11)16(13)19-17(24)18-8-7-15-21-20-14-6-3-9-22(14)15/h1-2,4-5,13,16,23H,3,6-10H2,(H2,18,19,24)/t13-,16+/m0/s1. The second-order valence-corrected chi connectivity index (χ2v) is 6.39. The molecule has 1 aliphatic carbocycles. The number of aliphatic hydroxyl groups excluding tert-OH is 1. The molecule has 126 valence electrons. The highest BCUT2D eigenvalue weighted by molar-refractivity contribution is 5.74. The average molecular weight is 327 g/mol. The Morgan fingerprint density at radius 2 is 2.21 bits per heavy atom. The summed E-state index contributed by atoms with van der Waals surface area (Å²) in [4.78, 5) is 12.1. The van der Waals surface area contributed by atoms with Gasteiger partial charge in [-0.15, -0.1) is 10.2 Å². The van der Waals surface area contributed by atoms with Crippen molar-refractivity contribution in [1.29, 1.82) is 0 Å². The lowest BCUT2D eigenvalue weighted by Gasteiger charge is -2.18. The van der Waals surface area contributed by atoms with Gasteiger partial charge in [-0.3, -0.25) is 0 Å². The molecule has 2 aliphatic rings. The van der Waals surface area contributed by atoms with E-state index in [-0.39, 0.29) is 12.1 Å². The molecule has 3 N–H and O–H groups in total. The summed E-state index contributed by atoms with van der Waals surface area (Å²) in [5, 5.41) is 24.2.